The minimum atomic E-state index is -4.50. The molecule has 1 aromatic heterocycles. The summed E-state index contributed by atoms with van der Waals surface area (Å²) >= 11 is 0. The Labute approximate surface area is 222 Å². The molecule has 2 atom stereocenters. The number of urea groups is 1. The molecule has 6 rings (SSSR count). The van der Waals surface area contributed by atoms with E-state index in [1.165, 1.54) is 0 Å². The topological polar surface area (TPSA) is 96.7 Å². The third-order valence-electron chi connectivity index (χ3n) is 7.69. The molecule has 0 unspecified atom stereocenters. The van der Waals surface area contributed by atoms with Gasteiger partial charge in [0.05, 0.1) is 6.54 Å². The second-order valence-electron chi connectivity index (χ2n) is 10.7. The zero-order chi connectivity index (χ0) is 27.1. The molecule has 1 aliphatic heterocycles. The molecule has 2 saturated carbocycles. The van der Waals surface area contributed by atoms with E-state index < -0.39 is 36.9 Å². The number of amides is 3. The van der Waals surface area contributed by atoms with E-state index in [0.717, 1.165) is 36.1 Å². The molecular formula is C28H29F3N4O4. The molecule has 3 fully saturated rings. The molecule has 0 spiro atoms. The van der Waals surface area contributed by atoms with E-state index in [2.05, 4.69) is 5.32 Å². The Balaban J connectivity index is 1.20. The first-order valence-electron chi connectivity index (χ1n) is 13.2. The van der Waals surface area contributed by atoms with Crippen molar-refractivity contribution in [2.45, 2.75) is 57.1 Å². The van der Waals surface area contributed by atoms with Crippen LogP contribution >= 0.6 is 0 Å². The fourth-order valence-electron chi connectivity index (χ4n) is 5.46. The molecule has 3 aromatic rings. The van der Waals surface area contributed by atoms with Crippen molar-refractivity contribution in [2.24, 2.45) is 17.8 Å². The van der Waals surface area contributed by atoms with Gasteiger partial charge in [0.25, 0.3) is 0 Å². The van der Waals surface area contributed by atoms with E-state index in [4.69, 9.17) is 14.1 Å². The lowest BCUT2D eigenvalue weighted by Crippen LogP contribution is -2.40. The highest BCUT2D eigenvalue weighted by atomic mass is 19.4. The van der Waals surface area contributed by atoms with Gasteiger partial charge in [-0.3, -0.25) is 0 Å². The zero-order valence-electron chi connectivity index (χ0n) is 21.1. The fourth-order valence-corrected chi connectivity index (χ4v) is 5.46. The van der Waals surface area contributed by atoms with Gasteiger partial charge in [0.2, 0.25) is 5.89 Å². The number of nitrogens with zero attached hydrogens (tertiary/aromatic N) is 2. The first kappa shape index (κ1) is 25.5. The molecule has 206 valence electrons. The van der Waals surface area contributed by atoms with Crippen LogP contribution in [-0.4, -0.2) is 40.8 Å². The standard InChI is InChI=1S/C28H29F3N4O4/c29-28(30,31)22-14-35(26(36)33-22)13-17-6-11-21-20(12-17)32-25(39-21)24(23(18-7-8-18)19-9-10-19)34-27(37)38-15-16-4-2-1-3-5-16/h1-6,11-12,18-19,22-24H,7-10,13-15H2,(H,33,36)(H,34,37)/t22-,24-/m0/s1. The monoisotopic (exact) mass is 542 g/mol. The van der Waals surface area contributed by atoms with Gasteiger partial charge in [0.1, 0.15) is 24.2 Å². The Morgan fingerprint density at radius 1 is 1.10 bits per heavy atom. The van der Waals surface area contributed by atoms with Crippen molar-refractivity contribution >= 4 is 23.2 Å². The number of aromatic nitrogens is 1. The summed E-state index contributed by atoms with van der Waals surface area (Å²) in [5.74, 6) is 1.54. The maximum atomic E-state index is 13.0. The maximum Gasteiger partial charge on any atom is 0.410 e. The summed E-state index contributed by atoms with van der Waals surface area (Å²) < 4.78 is 50.7. The molecule has 11 heteroatoms. The minimum absolute atomic E-state index is 0.0107. The van der Waals surface area contributed by atoms with Gasteiger partial charge >= 0.3 is 18.3 Å². The quantitative estimate of drug-likeness (QED) is 0.362. The molecular weight excluding hydrogens is 513 g/mol. The van der Waals surface area contributed by atoms with Crippen LogP contribution in [0.5, 0.6) is 0 Å². The van der Waals surface area contributed by atoms with Gasteiger partial charge in [-0.15, -0.1) is 0 Å². The van der Waals surface area contributed by atoms with Crippen molar-refractivity contribution in [3.05, 3.63) is 65.5 Å². The van der Waals surface area contributed by atoms with Crippen LogP contribution in [-0.2, 0) is 17.9 Å². The molecule has 2 heterocycles. The van der Waals surface area contributed by atoms with Crippen LogP contribution in [0.4, 0.5) is 22.8 Å². The lowest BCUT2D eigenvalue weighted by Gasteiger charge is -2.25. The second kappa shape index (κ2) is 10.1. The molecule has 39 heavy (non-hydrogen) atoms. The summed E-state index contributed by atoms with van der Waals surface area (Å²) in [5, 5.41) is 5.00. The van der Waals surface area contributed by atoms with Crippen LogP contribution < -0.4 is 10.6 Å². The lowest BCUT2D eigenvalue weighted by atomic mass is 9.89. The third kappa shape index (κ3) is 5.81. The molecule has 3 amide bonds. The number of benzene rings is 2. The van der Waals surface area contributed by atoms with E-state index in [9.17, 15) is 22.8 Å². The number of alkyl carbamates (subject to hydrolysis) is 1. The first-order valence-corrected chi connectivity index (χ1v) is 13.2. The highest BCUT2D eigenvalue weighted by molar-refractivity contribution is 5.78. The van der Waals surface area contributed by atoms with Gasteiger partial charge < -0.3 is 24.7 Å². The Hall–Kier alpha value is -3.76. The first-order chi connectivity index (χ1) is 18.7. The van der Waals surface area contributed by atoms with E-state index in [0.29, 0.717) is 34.4 Å². The summed E-state index contributed by atoms with van der Waals surface area (Å²) in [6.45, 7) is -0.296. The van der Waals surface area contributed by atoms with Crippen LogP contribution in [0.2, 0.25) is 0 Å². The average molecular weight is 543 g/mol. The van der Waals surface area contributed by atoms with E-state index in [1.807, 2.05) is 35.6 Å². The molecule has 2 aromatic carbocycles. The smallest absolute Gasteiger partial charge is 0.410 e. The van der Waals surface area contributed by atoms with Crippen LogP contribution in [0, 0.1) is 17.8 Å². The molecule has 1 saturated heterocycles. The van der Waals surface area contributed by atoms with Crippen LogP contribution in [0.1, 0.15) is 48.7 Å². The van der Waals surface area contributed by atoms with Crippen molar-refractivity contribution < 1.29 is 31.9 Å². The Morgan fingerprint density at radius 2 is 1.82 bits per heavy atom. The van der Waals surface area contributed by atoms with Crippen molar-refractivity contribution in [1.82, 2.24) is 20.5 Å². The molecule has 2 N–H and O–H groups in total. The van der Waals surface area contributed by atoms with Gasteiger partial charge in [-0.05, 0) is 66.7 Å². The lowest BCUT2D eigenvalue weighted by molar-refractivity contribution is -0.149. The Morgan fingerprint density at radius 3 is 2.46 bits per heavy atom. The van der Waals surface area contributed by atoms with E-state index in [1.54, 1.807) is 18.2 Å². The van der Waals surface area contributed by atoms with Gasteiger partial charge in [-0.2, -0.15) is 13.2 Å². The van der Waals surface area contributed by atoms with Crippen LogP contribution in [0.25, 0.3) is 11.1 Å². The summed E-state index contributed by atoms with van der Waals surface area (Å²) in [7, 11) is 0. The summed E-state index contributed by atoms with van der Waals surface area (Å²) in [6, 6.07) is 11.4. The number of nitrogens with one attached hydrogen (secondary N) is 2. The molecule has 2 aliphatic carbocycles. The number of carbonyl (C=O) groups is 2. The van der Waals surface area contributed by atoms with Crippen LogP contribution in [0.3, 0.4) is 0 Å². The Bertz CT molecular complexity index is 1340. The van der Waals surface area contributed by atoms with E-state index >= 15 is 0 Å². The maximum absolute atomic E-state index is 13.0. The van der Waals surface area contributed by atoms with Crippen molar-refractivity contribution in [3.63, 3.8) is 0 Å². The predicted molar refractivity (Wildman–Crippen MR) is 134 cm³/mol. The molecule has 0 bridgehead atoms. The number of hydrogen-bond acceptors (Lipinski definition) is 5. The number of carbonyl (C=O) groups excluding carboxylic acids is 2. The number of halogens is 3. The van der Waals surface area contributed by atoms with Gasteiger partial charge in [0.15, 0.2) is 5.58 Å². The number of hydrogen-bond donors (Lipinski definition) is 2. The van der Waals surface area contributed by atoms with E-state index in [-0.39, 0.29) is 19.1 Å². The van der Waals surface area contributed by atoms with Gasteiger partial charge in [0, 0.05) is 6.54 Å². The van der Waals surface area contributed by atoms with Gasteiger partial charge in [-0.25, -0.2) is 14.6 Å². The summed E-state index contributed by atoms with van der Waals surface area (Å²) in [5.41, 5.74) is 2.53. The molecule has 3 aliphatic rings. The SMILES string of the molecule is O=C(N[C@H](c1nc2cc(CN3C[C@@H](C(F)(F)F)NC3=O)ccc2o1)C(C1CC1)C1CC1)OCc1ccccc1. The van der Waals surface area contributed by atoms with Crippen molar-refractivity contribution in [3.8, 4) is 0 Å². The Kier molecular flexibility index (Phi) is 6.60. The van der Waals surface area contributed by atoms with Crippen molar-refractivity contribution in [2.75, 3.05) is 6.54 Å². The summed E-state index contributed by atoms with van der Waals surface area (Å²) in [4.78, 5) is 30.8. The minimum Gasteiger partial charge on any atom is -0.445 e. The van der Waals surface area contributed by atoms with Crippen LogP contribution in [0.15, 0.2) is 52.9 Å². The molecule has 8 nitrogen and oxygen atoms in total. The third-order valence-corrected chi connectivity index (χ3v) is 7.69. The number of ether oxygens (including phenoxy) is 1. The normalized spacial score (nSPS) is 20.4. The van der Waals surface area contributed by atoms with Gasteiger partial charge in [-0.1, -0.05) is 36.4 Å². The average Bonchev–Trinajstić information content (AvgIpc) is 3.84. The predicted octanol–water partition coefficient (Wildman–Crippen LogP) is 5.69. The number of alkyl halides is 3. The largest absolute Gasteiger partial charge is 0.445 e. The zero-order valence-corrected chi connectivity index (χ0v) is 21.1. The van der Waals surface area contributed by atoms with Crippen molar-refractivity contribution in [1.29, 1.82) is 0 Å². The number of oxazole rings is 1. The number of fused-ring (bicyclic) bond motifs is 1. The highest BCUT2D eigenvalue weighted by Gasteiger charge is 2.48. The fraction of sp³-hybridized carbons (Fsp3) is 0.464. The summed E-state index contributed by atoms with van der Waals surface area (Å²) in [6.07, 6.45) is -0.657. The number of rotatable bonds is 9. The second-order valence-corrected chi connectivity index (χ2v) is 10.7. The molecule has 0 radical (unpaired) electrons. The highest BCUT2D eigenvalue weighted by Crippen LogP contribution is 2.54.